The number of amides is 1. The number of benzene rings is 1. The number of hydrogen-bond acceptors (Lipinski definition) is 7. The number of rotatable bonds is 8. The van der Waals surface area contributed by atoms with Gasteiger partial charge in [0.25, 0.3) is 5.89 Å². The Morgan fingerprint density at radius 1 is 1.26 bits per heavy atom. The zero-order chi connectivity index (χ0) is 21.2. The lowest BCUT2D eigenvalue weighted by molar-refractivity contribution is -0.121. The maximum Gasteiger partial charge on any atom is 0.258 e. The molecule has 9 nitrogen and oxygen atoms in total. The highest BCUT2D eigenvalue weighted by Crippen LogP contribution is 2.38. The Morgan fingerprint density at radius 2 is 2.16 bits per heavy atom. The van der Waals surface area contributed by atoms with E-state index in [0.717, 1.165) is 35.5 Å². The van der Waals surface area contributed by atoms with Gasteiger partial charge in [-0.3, -0.25) is 9.20 Å². The molecule has 0 saturated heterocycles. The van der Waals surface area contributed by atoms with E-state index < -0.39 is 0 Å². The molecule has 5 rings (SSSR count). The van der Waals surface area contributed by atoms with E-state index in [0.29, 0.717) is 42.7 Å². The van der Waals surface area contributed by atoms with E-state index in [1.807, 2.05) is 47.0 Å². The molecular weight excluding hydrogens is 396 g/mol. The fraction of sp³-hybridized carbons (Fsp3) is 0.318. The van der Waals surface area contributed by atoms with Crippen molar-refractivity contribution in [2.45, 2.75) is 38.1 Å². The molecule has 1 N–H and O–H groups in total. The number of hydrogen-bond donors (Lipinski definition) is 1. The molecule has 4 aromatic rings. The Morgan fingerprint density at radius 3 is 3.00 bits per heavy atom. The smallest absolute Gasteiger partial charge is 0.258 e. The number of ether oxygens (including phenoxy) is 1. The SMILES string of the molecule is COc1cccc(CCC(=O)NCc2nnc3cc(-c4nc(C5CC5)no4)ccn23)c1. The van der Waals surface area contributed by atoms with Crippen LogP contribution in [0.5, 0.6) is 5.75 Å². The average molecular weight is 418 g/mol. The molecule has 0 unspecified atom stereocenters. The highest BCUT2D eigenvalue weighted by Gasteiger charge is 2.29. The lowest BCUT2D eigenvalue weighted by atomic mass is 10.1. The van der Waals surface area contributed by atoms with Gasteiger partial charge in [-0.25, -0.2) is 0 Å². The summed E-state index contributed by atoms with van der Waals surface area (Å²) in [5.74, 6) is 3.09. The summed E-state index contributed by atoms with van der Waals surface area (Å²) in [7, 11) is 1.63. The molecule has 3 aromatic heterocycles. The van der Waals surface area contributed by atoms with Gasteiger partial charge >= 0.3 is 0 Å². The summed E-state index contributed by atoms with van der Waals surface area (Å²) < 4.78 is 12.4. The van der Waals surface area contributed by atoms with Crippen LogP contribution in [-0.2, 0) is 17.8 Å². The Balaban J connectivity index is 1.20. The number of aromatic nitrogens is 5. The van der Waals surface area contributed by atoms with Gasteiger partial charge in [0.15, 0.2) is 17.3 Å². The quantitative estimate of drug-likeness (QED) is 0.469. The van der Waals surface area contributed by atoms with Crippen molar-refractivity contribution in [1.82, 2.24) is 30.1 Å². The molecule has 158 valence electrons. The molecule has 0 bridgehead atoms. The van der Waals surface area contributed by atoms with Crippen LogP contribution in [0.3, 0.4) is 0 Å². The third kappa shape index (κ3) is 4.25. The molecule has 1 amide bonds. The average Bonchev–Trinajstić information content (AvgIpc) is 3.39. The molecule has 3 heterocycles. The lowest BCUT2D eigenvalue weighted by Gasteiger charge is -2.06. The van der Waals surface area contributed by atoms with Crippen LogP contribution in [0.2, 0.25) is 0 Å². The molecule has 0 aliphatic heterocycles. The van der Waals surface area contributed by atoms with Crippen LogP contribution >= 0.6 is 0 Å². The van der Waals surface area contributed by atoms with Gasteiger partial charge in [-0.1, -0.05) is 17.3 Å². The third-order valence-corrected chi connectivity index (χ3v) is 5.33. The summed E-state index contributed by atoms with van der Waals surface area (Å²) in [6.45, 7) is 0.295. The highest BCUT2D eigenvalue weighted by molar-refractivity contribution is 5.76. The first-order valence-corrected chi connectivity index (χ1v) is 10.3. The predicted octanol–water partition coefficient (Wildman–Crippen LogP) is 2.91. The third-order valence-electron chi connectivity index (χ3n) is 5.33. The molecule has 1 aliphatic carbocycles. The van der Waals surface area contributed by atoms with Crippen molar-refractivity contribution in [3.8, 4) is 17.2 Å². The second-order valence-electron chi connectivity index (χ2n) is 7.62. The molecule has 0 spiro atoms. The van der Waals surface area contributed by atoms with Gasteiger partial charge in [0.1, 0.15) is 5.75 Å². The maximum absolute atomic E-state index is 12.3. The Kier molecular flexibility index (Phi) is 5.07. The van der Waals surface area contributed by atoms with E-state index in [-0.39, 0.29) is 5.91 Å². The summed E-state index contributed by atoms with van der Waals surface area (Å²) in [5.41, 5.74) is 2.51. The molecule has 31 heavy (non-hydrogen) atoms. The highest BCUT2D eigenvalue weighted by atomic mass is 16.5. The Labute approximate surface area is 178 Å². The van der Waals surface area contributed by atoms with E-state index in [1.54, 1.807) is 7.11 Å². The number of carbonyl (C=O) groups is 1. The van der Waals surface area contributed by atoms with E-state index in [1.165, 1.54) is 0 Å². The topological polar surface area (TPSA) is 107 Å². The van der Waals surface area contributed by atoms with Gasteiger partial charge in [-0.15, -0.1) is 10.2 Å². The van der Waals surface area contributed by atoms with E-state index >= 15 is 0 Å². The number of nitrogens with one attached hydrogen (secondary N) is 1. The lowest BCUT2D eigenvalue weighted by Crippen LogP contribution is -2.24. The fourth-order valence-corrected chi connectivity index (χ4v) is 3.41. The first-order chi connectivity index (χ1) is 15.2. The summed E-state index contributed by atoms with van der Waals surface area (Å²) >= 11 is 0. The molecular formula is C22H22N6O3. The van der Waals surface area contributed by atoms with Crippen molar-refractivity contribution in [3.63, 3.8) is 0 Å². The first-order valence-electron chi connectivity index (χ1n) is 10.3. The molecule has 1 saturated carbocycles. The number of fused-ring (bicyclic) bond motifs is 1. The minimum atomic E-state index is -0.0466. The number of methoxy groups -OCH3 is 1. The van der Waals surface area contributed by atoms with Crippen molar-refractivity contribution in [3.05, 3.63) is 59.8 Å². The summed E-state index contributed by atoms with van der Waals surface area (Å²) in [6, 6.07) is 11.5. The predicted molar refractivity (Wildman–Crippen MR) is 111 cm³/mol. The van der Waals surface area contributed by atoms with Crippen LogP contribution in [0.25, 0.3) is 17.1 Å². The molecule has 9 heteroatoms. The van der Waals surface area contributed by atoms with E-state index in [9.17, 15) is 4.79 Å². The zero-order valence-corrected chi connectivity index (χ0v) is 17.1. The minimum absolute atomic E-state index is 0.0466. The number of aryl methyl sites for hydroxylation is 1. The van der Waals surface area contributed by atoms with Gasteiger partial charge in [0, 0.05) is 24.1 Å². The van der Waals surface area contributed by atoms with Crippen molar-refractivity contribution in [1.29, 1.82) is 0 Å². The monoisotopic (exact) mass is 418 g/mol. The largest absolute Gasteiger partial charge is 0.497 e. The van der Waals surface area contributed by atoms with Gasteiger partial charge < -0.3 is 14.6 Å². The van der Waals surface area contributed by atoms with Crippen LogP contribution in [0.4, 0.5) is 0 Å². The zero-order valence-electron chi connectivity index (χ0n) is 17.1. The Hall–Kier alpha value is -3.75. The molecule has 1 aromatic carbocycles. The first kappa shape index (κ1) is 19.2. The van der Waals surface area contributed by atoms with Crippen molar-refractivity contribution < 1.29 is 14.1 Å². The summed E-state index contributed by atoms with van der Waals surface area (Å²) in [4.78, 5) is 16.7. The van der Waals surface area contributed by atoms with Crippen molar-refractivity contribution >= 4 is 11.6 Å². The van der Waals surface area contributed by atoms with Gasteiger partial charge in [-0.2, -0.15) is 4.98 Å². The molecule has 1 aliphatic rings. The second kappa shape index (κ2) is 8.17. The second-order valence-corrected chi connectivity index (χ2v) is 7.62. The van der Waals surface area contributed by atoms with Crippen LogP contribution in [-0.4, -0.2) is 37.8 Å². The standard InChI is InChI=1S/C22H22N6O3/c1-30-17-4-2-3-14(11-17)5-8-20(29)23-13-19-26-25-18-12-16(9-10-28(18)19)22-24-21(27-31-22)15-6-7-15/h2-4,9-12,15H,5-8,13H2,1H3,(H,23,29). The minimum Gasteiger partial charge on any atom is -0.497 e. The van der Waals surface area contributed by atoms with Gasteiger partial charge in [-0.05, 0) is 49.1 Å². The summed E-state index contributed by atoms with van der Waals surface area (Å²) in [6.07, 6.45) is 5.12. The van der Waals surface area contributed by atoms with Crippen LogP contribution in [0.1, 0.15) is 42.4 Å². The van der Waals surface area contributed by atoms with Gasteiger partial charge in [0.2, 0.25) is 5.91 Å². The number of nitrogens with zero attached hydrogens (tertiary/aromatic N) is 5. The molecule has 0 atom stereocenters. The molecule has 0 radical (unpaired) electrons. The number of pyridine rings is 1. The molecule has 1 fully saturated rings. The van der Waals surface area contributed by atoms with Gasteiger partial charge in [0.05, 0.1) is 13.7 Å². The van der Waals surface area contributed by atoms with Crippen LogP contribution < -0.4 is 10.1 Å². The Bertz CT molecular complexity index is 1230. The van der Waals surface area contributed by atoms with Crippen LogP contribution in [0.15, 0.2) is 47.1 Å². The van der Waals surface area contributed by atoms with Crippen molar-refractivity contribution in [2.75, 3.05) is 7.11 Å². The van der Waals surface area contributed by atoms with E-state index in [4.69, 9.17) is 9.26 Å². The van der Waals surface area contributed by atoms with Crippen LogP contribution in [0, 0.1) is 0 Å². The summed E-state index contributed by atoms with van der Waals surface area (Å²) in [5, 5.41) is 15.4. The number of carbonyl (C=O) groups excluding carboxylic acids is 1. The maximum atomic E-state index is 12.3. The normalized spacial score (nSPS) is 13.5. The van der Waals surface area contributed by atoms with E-state index in [2.05, 4.69) is 25.7 Å². The fourth-order valence-electron chi connectivity index (χ4n) is 3.41. The van der Waals surface area contributed by atoms with Crippen molar-refractivity contribution in [2.24, 2.45) is 0 Å².